The zero-order valence-electron chi connectivity index (χ0n) is 13.2. The van der Waals surface area contributed by atoms with Crippen LogP contribution in [0.1, 0.15) is 52.4 Å². The number of hydrogen-bond acceptors (Lipinski definition) is 3. The smallest absolute Gasteiger partial charge is 0.234 e. The second-order valence-corrected chi connectivity index (χ2v) is 6.53. The largest absolute Gasteiger partial charge is 0.352 e. The van der Waals surface area contributed by atoms with E-state index in [1.165, 1.54) is 38.5 Å². The lowest BCUT2D eigenvalue weighted by Gasteiger charge is -2.35. The minimum absolute atomic E-state index is 0.230. The SMILES string of the molecule is CCNC(C)C1CCCN(CC(=O)NC2CCCC2)C1. The average molecular weight is 281 g/mol. The first-order valence-corrected chi connectivity index (χ1v) is 8.44. The fraction of sp³-hybridized carbons (Fsp3) is 0.938. The maximum absolute atomic E-state index is 12.1. The van der Waals surface area contributed by atoms with Crippen LogP contribution in [0.25, 0.3) is 0 Å². The number of nitrogens with one attached hydrogen (secondary N) is 2. The summed E-state index contributed by atoms with van der Waals surface area (Å²) in [5.74, 6) is 0.914. The van der Waals surface area contributed by atoms with Gasteiger partial charge in [0.05, 0.1) is 6.54 Å². The van der Waals surface area contributed by atoms with Crippen molar-refractivity contribution >= 4 is 5.91 Å². The van der Waals surface area contributed by atoms with Crippen molar-refractivity contribution in [1.82, 2.24) is 15.5 Å². The van der Waals surface area contributed by atoms with E-state index in [-0.39, 0.29) is 5.91 Å². The summed E-state index contributed by atoms with van der Waals surface area (Å²) >= 11 is 0. The molecular weight excluding hydrogens is 250 g/mol. The summed E-state index contributed by atoms with van der Waals surface area (Å²) in [5, 5.41) is 6.72. The van der Waals surface area contributed by atoms with Crippen LogP contribution in [0.5, 0.6) is 0 Å². The van der Waals surface area contributed by atoms with Crippen LogP contribution in [-0.4, -0.2) is 49.1 Å². The van der Waals surface area contributed by atoms with Crippen LogP contribution >= 0.6 is 0 Å². The molecule has 0 aromatic heterocycles. The predicted octanol–water partition coefficient (Wildman–Crippen LogP) is 1.76. The van der Waals surface area contributed by atoms with Gasteiger partial charge in [-0.25, -0.2) is 0 Å². The normalized spacial score (nSPS) is 26.6. The van der Waals surface area contributed by atoms with Crippen LogP contribution in [0.15, 0.2) is 0 Å². The summed E-state index contributed by atoms with van der Waals surface area (Å²) < 4.78 is 0. The molecule has 0 aromatic carbocycles. The summed E-state index contributed by atoms with van der Waals surface area (Å²) in [5.41, 5.74) is 0. The molecule has 0 aromatic rings. The van der Waals surface area contributed by atoms with Gasteiger partial charge in [0.1, 0.15) is 0 Å². The molecule has 4 nitrogen and oxygen atoms in total. The summed E-state index contributed by atoms with van der Waals surface area (Å²) in [7, 11) is 0. The van der Waals surface area contributed by atoms with E-state index in [1.54, 1.807) is 0 Å². The first-order valence-electron chi connectivity index (χ1n) is 8.44. The zero-order valence-corrected chi connectivity index (χ0v) is 13.2. The topological polar surface area (TPSA) is 44.4 Å². The molecule has 1 aliphatic carbocycles. The summed E-state index contributed by atoms with van der Waals surface area (Å²) in [6, 6.07) is 1.00. The highest BCUT2D eigenvalue weighted by Crippen LogP contribution is 2.20. The Kier molecular flexibility index (Phi) is 6.30. The van der Waals surface area contributed by atoms with Crippen LogP contribution in [0.3, 0.4) is 0 Å². The fourth-order valence-electron chi connectivity index (χ4n) is 3.68. The number of carbonyl (C=O) groups excluding carboxylic acids is 1. The predicted molar refractivity (Wildman–Crippen MR) is 82.7 cm³/mol. The molecule has 116 valence electrons. The van der Waals surface area contributed by atoms with Crippen LogP contribution in [-0.2, 0) is 4.79 Å². The van der Waals surface area contributed by atoms with Crippen LogP contribution in [0.4, 0.5) is 0 Å². The summed E-state index contributed by atoms with van der Waals surface area (Å²) in [4.78, 5) is 14.4. The van der Waals surface area contributed by atoms with Gasteiger partial charge in [0.15, 0.2) is 0 Å². The number of piperidine rings is 1. The van der Waals surface area contributed by atoms with Crippen LogP contribution in [0, 0.1) is 5.92 Å². The number of rotatable bonds is 6. The first kappa shape index (κ1) is 15.8. The monoisotopic (exact) mass is 281 g/mol. The lowest BCUT2D eigenvalue weighted by Crippen LogP contribution is -2.48. The van der Waals surface area contributed by atoms with Crippen molar-refractivity contribution < 1.29 is 4.79 Å². The number of likely N-dealkylation sites (tertiary alicyclic amines) is 1. The molecule has 0 radical (unpaired) electrons. The van der Waals surface area contributed by atoms with Crippen molar-refractivity contribution in [2.24, 2.45) is 5.92 Å². The second-order valence-electron chi connectivity index (χ2n) is 6.53. The van der Waals surface area contributed by atoms with E-state index in [9.17, 15) is 4.79 Å². The minimum atomic E-state index is 0.230. The van der Waals surface area contributed by atoms with E-state index in [2.05, 4.69) is 29.4 Å². The minimum Gasteiger partial charge on any atom is -0.352 e. The van der Waals surface area contributed by atoms with E-state index < -0.39 is 0 Å². The maximum Gasteiger partial charge on any atom is 0.234 e. The second kappa shape index (κ2) is 7.99. The molecule has 1 saturated heterocycles. The number of carbonyl (C=O) groups is 1. The van der Waals surface area contributed by atoms with Gasteiger partial charge in [0.2, 0.25) is 5.91 Å². The van der Waals surface area contributed by atoms with Gasteiger partial charge >= 0.3 is 0 Å². The van der Waals surface area contributed by atoms with Gasteiger partial charge < -0.3 is 10.6 Å². The molecule has 0 spiro atoms. The van der Waals surface area contributed by atoms with Gasteiger partial charge in [-0.1, -0.05) is 19.8 Å². The third kappa shape index (κ3) is 4.74. The lowest BCUT2D eigenvalue weighted by atomic mass is 9.91. The van der Waals surface area contributed by atoms with Crippen molar-refractivity contribution in [3.05, 3.63) is 0 Å². The maximum atomic E-state index is 12.1. The molecule has 1 saturated carbocycles. The molecular formula is C16H31N3O. The number of amides is 1. The highest BCUT2D eigenvalue weighted by Gasteiger charge is 2.26. The third-order valence-electron chi connectivity index (χ3n) is 4.86. The van der Waals surface area contributed by atoms with Crippen molar-refractivity contribution in [3.63, 3.8) is 0 Å². The van der Waals surface area contributed by atoms with E-state index >= 15 is 0 Å². The number of nitrogens with zero attached hydrogens (tertiary/aromatic N) is 1. The summed E-state index contributed by atoms with van der Waals surface area (Å²) in [6.45, 7) is 8.19. The Morgan fingerprint density at radius 1 is 1.25 bits per heavy atom. The van der Waals surface area contributed by atoms with Crippen molar-refractivity contribution in [2.75, 3.05) is 26.2 Å². The van der Waals surface area contributed by atoms with Gasteiger partial charge in [-0.3, -0.25) is 9.69 Å². The van der Waals surface area contributed by atoms with Crippen LogP contribution in [0.2, 0.25) is 0 Å². The molecule has 2 aliphatic rings. The van der Waals surface area contributed by atoms with Gasteiger partial charge in [-0.15, -0.1) is 0 Å². The van der Waals surface area contributed by atoms with Gasteiger partial charge in [0.25, 0.3) is 0 Å². The molecule has 20 heavy (non-hydrogen) atoms. The van der Waals surface area contributed by atoms with Gasteiger partial charge in [-0.2, -0.15) is 0 Å². The van der Waals surface area contributed by atoms with Gasteiger partial charge in [-0.05, 0) is 51.6 Å². The summed E-state index contributed by atoms with van der Waals surface area (Å²) in [6.07, 6.45) is 7.40. The number of hydrogen-bond donors (Lipinski definition) is 2. The Bertz CT molecular complexity index is 302. The van der Waals surface area contributed by atoms with E-state index in [0.717, 1.165) is 19.6 Å². The molecule has 2 atom stereocenters. The fourth-order valence-corrected chi connectivity index (χ4v) is 3.68. The Hall–Kier alpha value is -0.610. The van der Waals surface area contributed by atoms with E-state index in [0.29, 0.717) is 24.5 Å². The Balaban J connectivity index is 1.72. The van der Waals surface area contributed by atoms with E-state index in [4.69, 9.17) is 0 Å². The van der Waals surface area contributed by atoms with Gasteiger partial charge in [0, 0.05) is 18.6 Å². The first-order chi connectivity index (χ1) is 9.69. The quantitative estimate of drug-likeness (QED) is 0.780. The Labute approximate surface area is 123 Å². The van der Waals surface area contributed by atoms with Crippen LogP contribution < -0.4 is 10.6 Å². The standard InChI is InChI=1S/C16H31N3O/c1-3-17-13(2)14-7-6-10-19(11-14)12-16(20)18-15-8-4-5-9-15/h13-15,17H,3-12H2,1-2H3,(H,18,20). The Morgan fingerprint density at radius 3 is 2.70 bits per heavy atom. The molecule has 2 rings (SSSR count). The van der Waals surface area contributed by atoms with E-state index in [1.807, 2.05) is 0 Å². The zero-order chi connectivity index (χ0) is 14.4. The highest BCUT2D eigenvalue weighted by atomic mass is 16.2. The Morgan fingerprint density at radius 2 is 2.00 bits per heavy atom. The molecule has 2 unspecified atom stereocenters. The third-order valence-corrected chi connectivity index (χ3v) is 4.86. The molecule has 2 N–H and O–H groups in total. The van der Waals surface area contributed by atoms with Crippen molar-refractivity contribution in [1.29, 1.82) is 0 Å². The molecule has 4 heteroatoms. The molecule has 1 aliphatic heterocycles. The van der Waals surface area contributed by atoms with Crippen molar-refractivity contribution in [2.45, 2.75) is 64.5 Å². The average Bonchev–Trinajstić information content (AvgIpc) is 2.92. The molecule has 1 amide bonds. The molecule has 1 heterocycles. The molecule has 0 bridgehead atoms. The lowest BCUT2D eigenvalue weighted by molar-refractivity contribution is -0.123. The highest BCUT2D eigenvalue weighted by molar-refractivity contribution is 5.78. The van der Waals surface area contributed by atoms with Crippen molar-refractivity contribution in [3.8, 4) is 0 Å². The molecule has 2 fully saturated rings.